The molecule has 0 bridgehead atoms. The van der Waals surface area contributed by atoms with Crippen LogP contribution in [0.5, 0.6) is 0 Å². The van der Waals surface area contributed by atoms with E-state index in [1.165, 1.54) is 6.26 Å². The summed E-state index contributed by atoms with van der Waals surface area (Å²) in [6.45, 7) is 3.69. The topological polar surface area (TPSA) is 85.6 Å². The van der Waals surface area contributed by atoms with E-state index in [9.17, 15) is 14.4 Å². The molecule has 1 aromatic heterocycles. The van der Waals surface area contributed by atoms with Crippen molar-refractivity contribution in [2.24, 2.45) is 0 Å². The lowest BCUT2D eigenvalue weighted by Crippen LogP contribution is -2.36. The first-order valence-corrected chi connectivity index (χ1v) is 9.44. The summed E-state index contributed by atoms with van der Waals surface area (Å²) in [5.41, 5.74) is 2.65. The number of ketones is 1. The monoisotopic (exact) mass is 379 g/mol. The molecule has 6 nitrogen and oxygen atoms in total. The van der Waals surface area contributed by atoms with Crippen molar-refractivity contribution in [1.82, 2.24) is 5.32 Å². The Bertz CT molecular complexity index is 1110. The highest BCUT2D eigenvalue weighted by Crippen LogP contribution is 2.41. The van der Waals surface area contributed by atoms with E-state index in [1.807, 2.05) is 0 Å². The zero-order valence-electron chi connectivity index (χ0n) is 15.8. The molecule has 0 amide bonds. The number of para-hydroxylation sites is 1. The zero-order valence-corrected chi connectivity index (χ0v) is 15.8. The van der Waals surface area contributed by atoms with Crippen molar-refractivity contribution in [3.63, 3.8) is 0 Å². The highest BCUT2D eigenvalue weighted by molar-refractivity contribution is 6.03. The van der Waals surface area contributed by atoms with Crippen LogP contribution in [0.1, 0.15) is 44.6 Å². The van der Waals surface area contributed by atoms with E-state index in [0.717, 1.165) is 12.1 Å². The van der Waals surface area contributed by atoms with Gasteiger partial charge in [-0.3, -0.25) is 9.59 Å². The predicted molar refractivity (Wildman–Crippen MR) is 104 cm³/mol. The Hall–Kier alpha value is -3.15. The molecule has 2 aromatic rings. The number of carbonyl (C=O) groups is 2. The molecule has 2 heterocycles. The fraction of sp³-hybridized carbons (Fsp3) is 0.318. The van der Waals surface area contributed by atoms with E-state index >= 15 is 0 Å². The van der Waals surface area contributed by atoms with Crippen LogP contribution in [0.4, 0.5) is 0 Å². The number of fused-ring (bicyclic) bond motifs is 1. The number of dihydropyridines is 1. The summed E-state index contributed by atoms with van der Waals surface area (Å²) in [4.78, 5) is 38.8. The van der Waals surface area contributed by atoms with Crippen molar-refractivity contribution in [2.45, 2.75) is 39.0 Å². The van der Waals surface area contributed by atoms with Gasteiger partial charge in [0.05, 0.1) is 29.7 Å². The van der Waals surface area contributed by atoms with Crippen molar-refractivity contribution >= 4 is 22.7 Å². The van der Waals surface area contributed by atoms with Crippen molar-refractivity contribution < 1.29 is 18.7 Å². The van der Waals surface area contributed by atoms with Gasteiger partial charge in [0.15, 0.2) is 11.2 Å². The second-order valence-electron chi connectivity index (χ2n) is 7.00. The fourth-order valence-corrected chi connectivity index (χ4v) is 4.07. The van der Waals surface area contributed by atoms with Crippen molar-refractivity contribution in [1.29, 1.82) is 0 Å². The van der Waals surface area contributed by atoms with Crippen LogP contribution in [0.3, 0.4) is 0 Å². The van der Waals surface area contributed by atoms with Gasteiger partial charge in [-0.25, -0.2) is 4.79 Å². The molecule has 0 spiro atoms. The molecule has 0 saturated heterocycles. The van der Waals surface area contributed by atoms with Gasteiger partial charge in [-0.15, -0.1) is 0 Å². The normalized spacial score (nSPS) is 19.5. The Morgan fingerprint density at radius 3 is 2.82 bits per heavy atom. The minimum Gasteiger partial charge on any atom is -0.464 e. The first kappa shape index (κ1) is 18.2. The van der Waals surface area contributed by atoms with Gasteiger partial charge in [-0.2, -0.15) is 0 Å². The minimum absolute atomic E-state index is 0.0550. The van der Waals surface area contributed by atoms with Gasteiger partial charge in [0, 0.05) is 29.0 Å². The van der Waals surface area contributed by atoms with Crippen LogP contribution < -0.4 is 10.7 Å². The van der Waals surface area contributed by atoms with Gasteiger partial charge >= 0.3 is 5.97 Å². The molecule has 0 fully saturated rings. The summed E-state index contributed by atoms with van der Waals surface area (Å²) in [5, 5.41) is 3.62. The molecule has 0 saturated carbocycles. The van der Waals surface area contributed by atoms with E-state index in [2.05, 4.69) is 5.32 Å². The maximum Gasteiger partial charge on any atom is 0.336 e. The first-order valence-electron chi connectivity index (χ1n) is 9.44. The number of ether oxygens (including phenoxy) is 1. The number of carbonyl (C=O) groups excluding carboxylic acids is 2. The van der Waals surface area contributed by atoms with Gasteiger partial charge in [-0.05, 0) is 38.8 Å². The second-order valence-corrected chi connectivity index (χ2v) is 7.00. The van der Waals surface area contributed by atoms with Gasteiger partial charge in [0.2, 0.25) is 0 Å². The Balaban J connectivity index is 1.98. The number of nitrogens with one attached hydrogen (secondary N) is 1. The molecule has 1 aliphatic heterocycles. The lowest BCUT2D eigenvalue weighted by Gasteiger charge is -2.33. The summed E-state index contributed by atoms with van der Waals surface area (Å²) in [6, 6.07) is 6.95. The lowest BCUT2D eigenvalue weighted by atomic mass is 9.75. The minimum atomic E-state index is -0.788. The van der Waals surface area contributed by atoms with E-state index < -0.39 is 11.9 Å². The SMILES string of the molecule is CCOC(=O)C1=C(C)NC2=C(C(=O)CCC2)[C@@H]1c1coc2ccccc2c1=O. The summed E-state index contributed by atoms with van der Waals surface area (Å²) in [5.74, 6) is -1.38. The third-order valence-corrected chi connectivity index (χ3v) is 5.29. The van der Waals surface area contributed by atoms with Crippen LogP contribution in [0.2, 0.25) is 0 Å². The van der Waals surface area contributed by atoms with Crippen LogP contribution in [-0.2, 0) is 14.3 Å². The van der Waals surface area contributed by atoms with Crippen LogP contribution in [0.25, 0.3) is 11.0 Å². The van der Waals surface area contributed by atoms with E-state index in [4.69, 9.17) is 9.15 Å². The number of esters is 1. The van der Waals surface area contributed by atoms with Crippen molar-refractivity contribution in [3.05, 3.63) is 68.9 Å². The summed E-state index contributed by atoms with van der Waals surface area (Å²) >= 11 is 0. The van der Waals surface area contributed by atoms with Crippen LogP contribution in [-0.4, -0.2) is 18.4 Å². The maximum atomic E-state index is 13.3. The summed E-state index contributed by atoms with van der Waals surface area (Å²) in [6.07, 6.45) is 3.21. The van der Waals surface area contributed by atoms with Gasteiger partial charge in [-0.1, -0.05) is 12.1 Å². The first-order chi connectivity index (χ1) is 13.5. The highest BCUT2D eigenvalue weighted by atomic mass is 16.5. The molecule has 144 valence electrons. The Morgan fingerprint density at radius 2 is 2.04 bits per heavy atom. The predicted octanol–water partition coefficient (Wildman–Crippen LogP) is 3.32. The van der Waals surface area contributed by atoms with Crippen LogP contribution in [0.15, 0.2) is 62.3 Å². The third kappa shape index (κ3) is 2.85. The third-order valence-electron chi connectivity index (χ3n) is 5.29. The van der Waals surface area contributed by atoms with Crippen LogP contribution in [0, 0.1) is 0 Å². The van der Waals surface area contributed by atoms with E-state index in [0.29, 0.717) is 40.7 Å². The van der Waals surface area contributed by atoms with Crippen LogP contribution >= 0.6 is 0 Å². The average Bonchev–Trinajstić information content (AvgIpc) is 2.68. The molecule has 4 rings (SSSR count). The molecule has 1 atom stereocenters. The molecule has 1 aromatic carbocycles. The van der Waals surface area contributed by atoms with Crippen molar-refractivity contribution in [2.75, 3.05) is 6.61 Å². The number of benzene rings is 1. The smallest absolute Gasteiger partial charge is 0.336 e. The standard InChI is InChI=1S/C22H21NO5/c1-3-27-22(26)18-12(2)23-15-8-6-9-16(24)20(15)19(18)14-11-28-17-10-5-4-7-13(17)21(14)25/h4-5,7,10-11,19,23H,3,6,8-9H2,1-2H3/t19-/m1/s1. The average molecular weight is 379 g/mol. The largest absolute Gasteiger partial charge is 0.464 e. The molecular formula is C22H21NO5. The molecule has 28 heavy (non-hydrogen) atoms. The number of Topliss-reactive ketones (excluding diaryl/α,β-unsaturated/α-hetero) is 1. The zero-order chi connectivity index (χ0) is 19.8. The molecule has 0 radical (unpaired) electrons. The Labute approximate surface area is 161 Å². The lowest BCUT2D eigenvalue weighted by molar-refractivity contribution is -0.138. The van der Waals surface area contributed by atoms with Gasteiger partial charge in [0.25, 0.3) is 0 Å². The molecule has 2 aliphatic rings. The molecule has 1 N–H and O–H groups in total. The Kier molecular flexibility index (Phi) is 4.63. The summed E-state index contributed by atoms with van der Waals surface area (Å²) < 4.78 is 10.9. The van der Waals surface area contributed by atoms with E-state index in [1.54, 1.807) is 38.1 Å². The number of allylic oxidation sites excluding steroid dienone is 3. The Morgan fingerprint density at radius 1 is 1.25 bits per heavy atom. The molecule has 0 unspecified atom stereocenters. The number of hydrogen-bond acceptors (Lipinski definition) is 6. The fourth-order valence-electron chi connectivity index (χ4n) is 4.07. The highest BCUT2D eigenvalue weighted by Gasteiger charge is 2.40. The van der Waals surface area contributed by atoms with Crippen molar-refractivity contribution in [3.8, 4) is 0 Å². The number of rotatable bonds is 3. The molecule has 1 aliphatic carbocycles. The molecular weight excluding hydrogens is 358 g/mol. The quantitative estimate of drug-likeness (QED) is 0.824. The summed E-state index contributed by atoms with van der Waals surface area (Å²) in [7, 11) is 0. The second kappa shape index (κ2) is 7.11. The maximum absolute atomic E-state index is 13.3. The molecule has 6 heteroatoms. The van der Waals surface area contributed by atoms with Gasteiger partial charge < -0.3 is 14.5 Å². The van der Waals surface area contributed by atoms with E-state index in [-0.39, 0.29) is 23.4 Å². The van der Waals surface area contributed by atoms with Gasteiger partial charge in [0.1, 0.15) is 5.58 Å². The number of hydrogen-bond donors (Lipinski definition) is 1.